The Hall–Kier alpha value is -2.45. The van der Waals surface area contributed by atoms with Gasteiger partial charge in [-0.25, -0.2) is 9.59 Å². The van der Waals surface area contributed by atoms with E-state index in [0.717, 1.165) is 15.3 Å². The van der Waals surface area contributed by atoms with E-state index >= 15 is 0 Å². The van der Waals surface area contributed by atoms with Crippen molar-refractivity contribution in [1.29, 1.82) is 0 Å². The van der Waals surface area contributed by atoms with Crippen molar-refractivity contribution in [1.82, 2.24) is 0 Å². The number of anilines is 1. The molecule has 0 atom stereocenters. The van der Waals surface area contributed by atoms with Gasteiger partial charge in [0.2, 0.25) is 0 Å². The number of hydrogen-bond acceptors (Lipinski definition) is 7. The fourth-order valence-corrected chi connectivity index (χ4v) is 3.73. The second-order valence-electron chi connectivity index (χ2n) is 5.21. The molecule has 0 aromatic carbocycles. The Balaban J connectivity index is 1.94. The molecule has 8 heteroatoms. The Morgan fingerprint density at radius 3 is 2.65 bits per heavy atom. The van der Waals surface area contributed by atoms with Gasteiger partial charge in [-0.2, -0.15) is 0 Å². The Morgan fingerprint density at radius 2 is 2.00 bits per heavy atom. The molecule has 0 fully saturated rings. The number of carbonyl (C=O) groups excluding carboxylic acids is 3. The first-order valence-corrected chi connectivity index (χ1v) is 9.57. The lowest BCUT2D eigenvalue weighted by atomic mass is 10.1. The Bertz CT molecular complexity index is 821. The maximum absolute atomic E-state index is 12.1. The Morgan fingerprint density at radius 1 is 1.23 bits per heavy atom. The van der Waals surface area contributed by atoms with Crippen LogP contribution in [0.4, 0.5) is 5.00 Å². The van der Waals surface area contributed by atoms with E-state index in [1.54, 1.807) is 19.9 Å². The van der Waals surface area contributed by atoms with Gasteiger partial charge >= 0.3 is 11.9 Å². The van der Waals surface area contributed by atoms with Crippen LogP contribution in [0.1, 0.15) is 32.6 Å². The van der Waals surface area contributed by atoms with Gasteiger partial charge in [-0.1, -0.05) is 6.07 Å². The van der Waals surface area contributed by atoms with E-state index in [0.29, 0.717) is 10.6 Å². The number of hydrogen-bond donors (Lipinski definition) is 1. The molecule has 1 amide bonds. The third-order valence-corrected chi connectivity index (χ3v) is 5.35. The van der Waals surface area contributed by atoms with Gasteiger partial charge in [-0.05, 0) is 43.9 Å². The molecule has 0 saturated heterocycles. The molecule has 0 aliphatic rings. The van der Waals surface area contributed by atoms with Crippen molar-refractivity contribution in [2.75, 3.05) is 18.5 Å². The molecule has 2 heterocycles. The van der Waals surface area contributed by atoms with Crippen molar-refractivity contribution >= 4 is 51.6 Å². The van der Waals surface area contributed by atoms with Crippen molar-refractivity contribution in [3.63, 3.8) is 0 Å². The van der Waals surface area contributed by atoms with E-state index < -0.39 is 24.5 Å². The highest BCUT2D eigenvalue weighted by Gasteiger charge is 2.22. The molecular formula is C18H19NO5S2. The summed E-state index contributed by atoms with van der Waals surface area (Å²) in [5.74, 6) is -1.62. The SMILES string of the molecule is CCOC(=O)c1c(NC(=O)COC(=O)C=Cc2cccs2)sc(C)c1C. The molecular weight excluding hydrogens is 374 g/mol. The molecule has 0 radical (unpaired) electrons. The summed E-state index contributed by atoms with van der Waals surface area (Å²) in [5.41, 5.74) is 1.10. The number of ether oxygens (including phenoxy) is 2. The second kappa shape index (κ2) is 9.30. The van der Waals surface area contributed by atoms with Crippen LogP contribution >= 0.6 is 22.7 Å². The lowest BCUT2D eigenvalue weighted by molar-refractivity contribution is -0.142. The summed E-state index contributed by atoms with van der Waals surface area (Å²) < 4.78 is 9.95. The van der Waals surface area contributed by atoms with Crippen molar-refractivity contribution in [2.24, 2.45) is 0 Å². The van der Waals surface area contributed by atoms with Crippen molar-refractivity contribution < 1.29 is 23.9 Å². The van der Waals surface area contributed by atoms with Crippen LogP contribution in [-0.2, 0) is 19.1 Å². The van der Waals surface area contributed by atoms with Crippen LogP contribution in [-0.4, -0.2) is 31.1 Å². The first kappa shape index (κ1) is 19.9. The third-order valence-electron chi connectivity index (χ3n) is 3.39. The normalized spacial score (nSPS) is 10.7. The lowest BCUT2D eigenvalue weighted by Crippen LogP contribution is -2.21. The monoisotopic (exact) mass is 393 g/mol. The minimum Gasteiger partial charge on any atom is -0.462 e. The summed E-state index contributed by atoms with van der Waals surface area (Å²) in [6.07, 6.45) is 2.89. The highest BCUT2D eigenvalue weighted by molar-refractivity contribution is 7.16. The predicted molar refractivity (Wildman–Crippen MR) is 103 cm³/mol. The molecule has 138 valence electrons. The molecule has 1 N–H and O–H groups in total. The number of esters is 2. The topological polar surface area (TPSA) is 81.7 Å². The van der Waals surface area contributed by atoms with Crippen molar-refractivity contribution in [3.8, 4) is 0 Å². The zero-order valence-electron chi connectivity index (χ0n) is 14.7. The second-order valence-corrected chi connectivity index (χ2v) is 7.42. The fraction of sp³-hybridized carbons (Fsp3) is 0.278. The van der Waals surface area contributed by atoms with Gasteiger partial charge in [-0.3, -0.25) is 4.79 Å². The molecule has 2 aromatic heterocycles. The van der Waals surface area contributed by atoms with E-state index in [4.69, 9.17) is 9.47 Å². The number of aryl methyl sites for hydroxylation is 1. The number of thiophene rings is 2. The molecule has 0 saturated carbocycles. The van der Waals surface area contributed by atoms with Crippen LogP contribution < -0.4 is 5.32 Å². The predicted octanol–water partition coefficient (Wildman–Crippen LogP) is 3.80. The first-order chi connectivity index (χ1) is 12.4. The van der Waals surface area contributed by atoms with Gasteiger partial charge in [0.15, 0.2) is 6.61 Å². The average Bonchev–Trinajstić information content (AvgIpc) is 3.20. The van der Waals surface area contributed by atoms with Gasteiger partial charge < -0.3 is 14.8 Å². The van der Waals surface area contributed by atoms with Crippen LogP contribution in [0.5, 0.6) is 0 Å². The largest absolute Gasteiger partial charge is 0.462 e. The number of carbonyl (C=O) groups is 3. The van der Waals surface area contributed by atoms with Gasteiger partial charge in [-0.15, -0.1) is 22.7 Å². The zero-order chi connectivity index (χ0) is 19.1. The Kier molecular flexibility index (Phi) is 7.11. The third kappa shape index (κ3) is 5.27. The summed E-state index contributed by atoms with van der Waals surface area (Å²) in [6, 6.07) is 3.73. The summed E-state index contributed by atoms with van der Waals surface area (Å²) in [5, 5.41) is 4.91. The minimum atomic E-state index is -0.613. The molecule has 2 aromatic rings. The molecule has 0 aliphatic carbocycles. The molecule has 0 unspecified atom stereocenters. The van der Waals surface area contributed by atoms with E-state index in [1.165, 1.54) is 28.7 Å². The molecule has 26 heavy (non-hydrogen) atoms. The Labute approximate surface area is 159 Å². The van der Waals surface area contributed by atoms with E-state index in [1.807, 2.05) is 24.4 Å². The summed E-state index contributed by atoms with van der Waals surface area (Å²) in [7, 11) is 0. The average molecular weight is 393 g/mol. The maximum Gasteiger partial charge on any atom is 0.341 e. The first-order valence-electron chi connectivity index (χ1n) is 7.87. The van der Waals surface area contributed by atoms with Crippen molar-refractivity contribution in [2.45, 2.75) is 20.8 Å². The van der Waals surface area contributed by atoms with Crippen LogP contribution in [0, 0.1) is 13.8 Å². The van der Waals surface area contributed by atoms with Crippen LogP contribution in [0.25, 0.3) is 6.08 Å². The number of rotatable bonds is 7. The van der Waals surface area contributed by atoms with Crippen LogP contribution in [0.3, 0.4) is 0 Å². The molecule has 0 bridgehead atoms. The summed E-state index contributed by atoms with van der Waals surface area (Å²) >= 11 is 2.77. The molecule has 0 aliphatic heterocycles. The fourth-order valence-electron chi connectivity index (χ4n) is 2.05. The smallest absolute Gasteiger partial charge is 0.341 e. The van der Waals surface area contributed by atoms with E-state index in [-0.39, 0.29) is 6.61 Å². The highest BCUT2D eigenvalue weighted by Crippen LogP contribution is 2.33. The molecule has 2 rings (SSSR count). The lowest BCUT2D eigenvalue weighted by Gasteiger charge is -2.07. The number of nitrogens with one attached hydrogen (secondary N) is 1. The maximum atomic E-state index is 12.1. The molecule has 0 spiro atoms. The minimum absolute atomic E-state index is 0.245. The quantitative estimate of drug-likeness (QED) is 0.572. The standard InChI is InChI=1S/C18H19NO5S2/c1-4-23-18(22)16-11(2)12(3)26-17(16)19-14(20)10-24-15(21)8-7-13-6-5-9-25-13/h5-9H,4,10H2,1-3H3,(H,19,20). The molecule has 6 nitrogen and oxygen atoms in total. The van der Waals surface area contributed by atoms with Gasteiger partial charge in [0.05, 0.1) is 12.2 Å². The number of amides is 1. The van der Waals surface area contributed by atoms with Crippen LogP contribution in [0.15, 0.2) is 23.6 Å². The zero-order valence-corrected chi connectivity index (χ0v) is 16.3. The van der Waals surface area contributed by atoms with Crippen molar-refractivity contribution in [3.05, 3.63) is 44.5 Å². The van der Waals surface area contributed by atoms with E-state index in [9.17, 15) is 14.4 Å². The van der Waals surface area contributed by atoms with Crippen LogP contribution in [0.2, 0.25) is 0 Å². The summed E-state index contributed by atoms with van der Waals surface area (Å²) in [6.45, 7) is 5.17. The van der Waals surface area contributed by atoms with Gasteiger partial charge in [0.25, 0.3) is 5.91 Å². The van der Waals surface area contributed by atoms with Gasteiger partial charge in [0.1, 0.15) is 5.00 Å². The highest BCUT2D eigenvalue weighted by atomic mass is 32.1. The van der Waals surface area contributed by atoms with E-state index in [2.05, 4.69) is 5.32 Å². The van der Waals surface area contributed by atoms with Gasteiger partial charge in [0, 0.05) is 15.8 Å². The summed E-state index contributed by atoms with van der Waals surface area (Å²) in [4.78, 5) is 37.6.